The number of thioether (sulfide) groups is 1. The monoisotopic (exact) mass is 305 g/mol. The van der Waals surface area contributed by atoms with Crippen LogP contribution in [0.1, 0.15) is 25.4 Å². The molecular weight excluding hydrogens is 282 g/mol. The molecule has 0 amide bonds. The molecule has 0 radical (unpaired) electrons. The summed E-state index contributed by atoms with van der Waals surface area (Å²) >= 11 is 1.91. The van der Waals surface area contributed by atoms with E-state index in [0.717, 1.165) is 56.5 Å². The van der Waals surface area contributed by atoms with Crippen LogP contribution in [0.4, 0.5) is 5.82 Å². The Kier molecular flexibility index (Phi) is 4.33. The van der Waals surface area contributed by atoms with Crippen LogP contribution in [0.25, 0.3) is 0 Å². The fourth-order valence-corrected chi connectivity index (χ4v) is 3.71. The Morgan fingerprint density at radius 3 is 2.52 bits per heavy atom. The van der Waals surface area contributed by atoms with Gasteiger partial charge in [-0.15, -0.1) is 0 Å². The maximum atomic E-state index is 4.64. The van der Waals surface area contributed by atoms with Gasteiger partial charge in [0.25, 0.3) is 0 Å². The van der Waals surface area contributed by atoms with Crippen LogP contribution in [0, 0.1) is 6.92 Å². The van der Waals surface area contributed by atoms with Crippen LogP contribution in [0.5, 0.6) is 0 Å². The van der Waals surface area contributed by atoms with Crippen molar-refractivity contribution in [3.8, 4) is 0 Å². The summed E-state index contributed by atoms with van der Waals surface area (Å²) in [6, 6.07) is 2.13. The van der Waals surface area contributed by atoms with Crippen LogP contribution < -0.4 is 4.90 Å². The predicted molar refractivity (Wildman–Crippen MR) is 89.3 cm³/mol. The molecule has 3 heterocycles. The minimum Gasteiger partial charge on any atom is -0.353 e. The van der Waals surface area contributed by atoms with E-state index < -0.39 is 0 Å². The maximum Gasteiger partial charge on any atom is 0.159 e. The fraction of sp³-hybridized carbons (Fsp3) is 0.667. The van der Waals surface area contributed by atoms with Gasteiger partial charge < -0.3 is 9.80 Å². The molecule has 1 unspecified atom stereocenters. The summed E-state index contributed by atoms with van der Waals surface area (Å²) < 4.78 is 0. The molecule has 0 aliphatic carbocycles. The van der Waals surface area contributed by atoms with Crippen LogP contribution >= 0.6 is 11.8 Å². The number of hydrogen-bond acceptors (Lipinski definition) is 6. The number of rotatable bonds is 2. The third-order valence-electron chi connectivity index (χ3n) is 3.90. The molecule has 5 nitrogen and oxygen atoms in total. The van der Waals surface area contributed by atoms with Crippen LogP contribution in [0.15, 0.2) is 11.1 Å². The van der Waals surface area contributed by atoms with Crippen molar-refractivity contribution in [2.24, 2.45) is 4.99 Å². The van der Waals surface area contributed by atoms with Gasteiger partial charge in [0.05, 0.1) is 6.54 Å². The summed E-state index contributed by atoms with van der Waals surface area (Å²) in [5.41, 5.74) is 1.13. The molecule has 21 heavy (non-hydrogen) atoms. The first-order chi connectivity index (χ1) is 10.2. The van der Waals surface area contributed by atoms with Crippen molar-refractivity contribution < 1.29 is 0 Å². The SMILES string of the molecule is CCc1cc(N2CCN(C3=NCC(C)S3)CC2)nc(C)n1. The number of aliphatic imine (C=N–C) groups is 1. The summed E-state index contributed by atoms with van der Waals surface area (Å²) in [6.45, 7) is 11.4. The van der Waals surface area contributed by atoms with Gasteiger partial charge >= 0.3 is 0 Å². The number of amidine groups is 1. The molecule has 6 heteroatoms. The third-order valence-corrected chi connectivity index (χ3v) is 5.05. The number of piperazine rings is 1. The standard InChI is InChI=1S/C15H23N5S/c1-4-13-9-14(18-12(3)17-13)19-5-7-20(8-6-19)15-16-10-11(2)21-15/h9,11H,4-8,10H2,1-3H3. The molecule has 0 saturated carbocycles. The van der Waals surface area contributed by atoms with E-state index in [4.69, 9.17) is 0 Å². The van der Waals surface area contributed by atoms with Crippen molar-refractivity contribution >= 4 is 22.7 Å². The average molecular weight is 305 g/mol. The fourth-order valence-electron chi connectivity index (χ4n) is 2.72. The highest BCUT2D eigenvalue weighted by Gasteiger charge is 2.25. The van der Waals surface area contributed by atoms with Gasteiger partial charge in [0.2, 0.25) is 0 Å². The number of anilines is 1. The van der Waals surface area contributed by atoms with Gasteiger partial charge in [0.15, 0.2) is 5.17 Å². The second-order valence-corrected chi connectivity index (χ2v) is 7.05. The normalized spacial score (nSPS) is 22.6. The Morgan fingerprint density at radius 2 is 1.90 bits per heavy atom. The minimum absolute atomic E-state index is 0.634. The van der Waals surface area contributed by atoms with E-state index in [9.17, 15) is 0 Å². The molecule has 1 fully saturated rings. The summed E-state index contributed by atoms with van der Waals surface area (Å²) in [7, 11) is 0. The van der Waals surface area contributed by atoms with Gasteiger partial charge in [0, 0.05) is 43.2 Å². The lowest BCUT2D eigenvalue weighted by Crippen LogP contribution is -2.48. The molecule has 1 saturated heterocycles. The Bertz CT molecular complexity index is 537. The zero-order valence-corrected chi connectivity index (χ0v) is 13.9. The Hall–Kier alpha value is -1.30. The summed E-state index contributed by atoms with van der Waals surface area (Å²) in [6.07, 6.45) is 0.960. The summed E-state index contributed by atoms with van der Waals surface area (Å²) in [4.78, 5) is 18.5. The molecule has 0 N–H and O–H groups in total. The largest absolute Gasteiger partial charge is 0.353 e. The van der Waals surface area contributed by atoms with Gasteiger partial charge in [-0.3, -0.25) is 4.99 Å². The first-order valence-electron chi connectivity index (χ1n) is 7.71. The highest BCUT2D eigenvalue weighted by molar-refractivity contribution is 8.14. The predicted octanol–water partition coefficient (Wildman–Crippen LogP) is 1.96. The van der Waals surface area contributed by atoms with E-state index >= 15 is 0 Å². The quantitative estimate of drug-likeness (QED) is 0.836. The lowest BCUT2D eigenvalue weighted by Gasteiger charge is -2.36. The Morgan fingerprint density at radius 1 is 1.19 bits per heavy atom. The Balaban J connectivity index is 1.64. The Labute approximate surface area is 130 Å². The molecule has 0 aromatic carbocycles. The first-order valence-corrected chi connectivity index (χ1v) is 8.59. The zero-order chi connectivity index (χ0) is 14.8. The van der Waals surface area contributed by atoms with E-state index in [1.807, 2.05) is 18.7 Å². The minimum atomic E-state index is 0.634. The van der Waals surface area contributed by atoms with Gasteiger partial charge in [-0.1, -0.05) is 25.6 Å². The molecule has 0 spiro atoms. The first kappa shape index (κ1) is 14.6. The van der Waals surface area contributed by atoms with Crippen LogP contribution in [-0.4, -0.2) is 58.0 Å². The highest BCUT2D eigenvalue weighted by atomic mass is 32.2. The lowest BCUT2D eigenvalue weighted by molar-refractivity contribution is 0.390. The summed E-state index contributed by atoms with van der Waals surface area (Å²) in [5.74, 6) is 1.95. The molecule has 0 bridgehead atoms. The number of hydrogen-bond donors (Lipinski definition) is 0. The molecule has 1 aromatic heterocycles. The van der Waals surface area contributed by atoms with Crippen molar-refractivity contribution in [2.75, 3.05) is 37.6 Å². The molecule has 2 aliphatic rings. The molecule has 2 aliphatic heterocycles. The zero-order valence-electron chi connectivity index (χ0n) is 13.0. The van der Waals surface area contributed by atoms with Gasteiger partial charge in [-0.05, 0) is 13.3 Å². The number of aryl methyl sites for hydroxylation is 2. The average Bonchev–Trinajstić information content (AvgIpc) is 2.93. The maximum absolute atomic E-state index is 4.64. The summed E-state index contributed by atoms with van der Waals surface area (Å²) in [5, 5.41) is 1.87. The van der Waals surface area contributed by atoms with Crippen molar-refractivity contribution in [1.29, 1.82) is 0 Å². The van der Waals surface area contributed by atoms with E-state index in [0.29, 0.717) is 5.25 Å². The van der Waals surface area contributed by atoms with E-state index in [1.54, 1.807) is 0 Å². The number of nitrogens with zero attached hydrogens (tertiary/aromatic N) is 5. The van der Waals surface area contributed by atoms with Crippen molar-refractivity contribution in [2.45, 2.75) is 32.4 Å². The van der Waals surface area contributed by atoms with E-state index in [-0.39, 0.29) is 0 Å². The van der Waals surface area contributed by atoms with Gasteiger partial charge in [0.1, 0.15) is 11.6 Å². The molecule has 1 aromatic rings. The van der Waals surface area contributed by atoms with Crippen molar-refractivity contribution in [3.63, 3.8) is 0 Å². The third kappa shape index (κ3) is 3.31. The van der Waals surface area contributed by atoms with Gasteiger partial charge in [-0.2, -0.15) is 0 Å². The van der Waals surface area contributed by atoms with Crippen LogP contribution in [0.2, 0.25) is 0 Å². The topological polar surface area (TPSA) is 44.6 Å². The van der Waals surface area contributed by atoms with Crippen LogP contribution in [-0.2, 0) is 6.42 Å². The van der Waals surface area contributed by atoms with Crippen molar-refractivity contribution in [3.05, 3.63) is 17.6 Å². The second kappa shape index (κ2) is 6.22. The number of aromatic nitrogens is 2. The van der Waals surface area contributed by atoms with Crippen molar-refractivity contribution in [1.82, 2.24) is 14.9 Å². The van der Waals surface area contributed by atoms with E-state index in [2.05, 4.69) is 44.7 Å². The lowest BCUT2D eigenvalue weighted by atomic mass is 10.2. The molecule has 3 rings (SSSR count). The van der Waals surface area contributed by atoms with Gasteiger partial charge in [-0.25, -0.2) is 9.97 Å². The molecule has 114 valence electrons. The highest BCUT2D eigenvalue weighted by Crippen LogP contribution is 2.24. The smallest absolute Gasteiger partial charge is 0.159 e. The second-order valence-electron chi connectivity index (χ2n) is 5.64. The van der Waals surface area contributed by atoms with E-state index in [1.165, 1.54) is 5.17 Å². The molecule has 1 atom stereocenters. The van der Waals surface area contributed by atoms with Crippen LogP contribution in [0.3, 0.4) is 0 Å². The molecular formula is C15H23N5S.